The fourth-order valence-electron chi connectivity index (χ4n) is 6.30. The number of carbonyl (C=O) groups excluding carboxylic acids is 1. The van der Waals surface area contributed by atoms with Crippen LogP contribution in [0.2, 0.25) is 5.02 Å². The van der Waals surface area contributed by atoms with Crippen molar-refractivity contribution in [2.45, 2.75) is 83.1 Å². The number of fused-ring (bicyclic) bond motifs is 1. The minimum atomic E-state index is -4.50. The van der Waals surface area contributed by atoms with Gasteiger partial charge < -0.3 is 10.6 Å². The Bertz CT molecular complexity index is 1240. The van der Waals surface area contributed by atoms with Gasteiger partial charge in [0.25, 0.3) is 5.91 Å². The number of amides is 1. The third kappa shape index (κ3) is 7.77. The van der Waals surface area contributed by atoms with E-state index in [0.717, 1.165) is 56.7 Å². The Morgan fingerprint density at radius 1 is 1.07 bits per heavy atom. The van der Waals surface area contributed by atoms with E-state index in [1.54, 1.807) is 31.2 Å². The summed E-state index contributed by atoms with van der Waals surface area (Å²) in [5, 5.41) is 8.97. The molecule has 2 aliphatic rings. The van der Waals surface area contributed by atoms with E-state index in [-0.39, 0.29) is 29.4 Å². The first-order valence-electron chi connectivity index (χ1n) is 14.2. The molecular formula is C30H36ClF5N4O. The summed E-state index contributed by atoms with van der Waals surface area (Å²) in [5.41, 5.74) is 0.290. The summed E-state index contributed by atoms with van der Waals surface area (Å²) in [7, 11) is 0. The molecule has 2 aromatic carbocycles. The molecule has 1 aliphatic heterocycles. The highest BCUT2D eigenvalue weighted by atomic mass is 35.5. The number of unbranched alkanes of at least 4 members (excludes halogenated alkanes) is 1. The second-order valence-electron chi connectivity index (χ2n) is 11.1. The Kier molecular flexibility index (Phi) is 10.3. The van der Waals surface area contributed by atoms with Crippen molar-refractivity contribution in [3.8, 4) is 0 Å². The van der Waals surface area contributed by atoms with Gasteiger partial charge in [0.1, 0.15) is 6.04 Å². The van der Waals surface area contributed by atoms with Crippen molar-refractivity contribution >= 4 is 29.2 Å². The van der Waals surface area contributed by atoms with Gasteiger partial charge in [0, 0.05) is 28.2 Å². The molecule has 2 aromatic rings. The van der Waals surface area contributed by atoms with Crippen molar-refractivity contribution in [2.75, 3.05) is 5.32 Å². The third-order valence-electron chi connectivity index (χ3n) is 8.29. The molecule has 6 unspecified atom stereocenters. The van der Waals surface area contributed by atoms with Gasteiger partial charge in [0.2, 0.25) is 5.96 Å². The van der Waals surface area contributed by atoms with Crippen LogP contribution in [0.3, 0.4) is 0 Å². The van der Waals surface area contributed by atoms with Crippen LogP contribution in [-0.4, -0.2) is 36.2 Å². The Balaban J connectivity index is 1.76. The summed E-state index contributed by atoms with van der Waals surface area (Å²) in [6.07, 6.45) is 1.19. The summed E-state index contributed by atoms with van der Waals surface area (Å²) in [6.45, 7) is 3.58. The van der Waals surface area contributed by atoms with Crippen LogP contribution < -0.4 is 16.0 Å². The summed E-state index contributed by atoms with van der Waals surface area (Å²) in [5.74, 6) is -4.26. The maximum absolute atomic E-state index is 14.5. The van der Waals surface area contributed by atoms with Gasteiger partial charge >= 0.3 is 6.18 Å². The number of benzene rings is 2. The molecule has 1 aliphatic carbocycles. The SMILES string of the molecule is CCCCC1NC(C(F)(F)F)C(C)C(N=C(NC(=O)c2ccc(F)c(F)c2)Nc2cccc(Cl)c2)C2CCCCC12. The van der Waals surface area contributed by atoms with Gasteiger partial charge in [-0.3, -0.25) is 10.1 Å². The zero-order valence-corrected chi connectivity index (χ0v) is 23.8. The lowest BCUT2D eigenvalue weighted by atomic mass is 9.69. The smallest absolute Gasteiger partial charge is 0.326 e. The number of alkyl halides is 3. The third-order valence-corrected chi connectivity index (χ3v) is 8.52. The number of halogens is 6. The van der Waals surface area contributed by atoms with Gasteiger partial charge in [-0.15, -0.1) is 0 Å². The largest absolute Gasteiger partial charge is 0.404 e. The lowest BCUT2D eigenvalue weighted by Crippen LogP contribution is -2.52. The number of nitrogens with zero attached hydrogens (tertiary/aromatic N) is 1. The molecule has 41 heavy (non-hydrogen) atoms. The van der Waals surface area contributed by atoms with Gasteiger partial charge in [-0.05, 0) is 67.5 Å². The number of hydrogen-bond acceptors (Lipinski definition) is 3. The summed E-state index contributed by atoms with van der Waals surface area (Å²) >= 11 is 6.14. The van der Waals surface area contributed by atoms with Crippen molar-refractivity contribution in [3.63, 3.8) is 0 Å². The van der Waals surface area contributed by atoms with Crippen molar-refractivity contribution < 1.29 is 26.7 Å². The molecule has 11 heteroatoms. The topological polar surface area (TPSA) is 65.5 Å². The second kappa shape index (κ2) is 13.5. The van der Waals surface area contributed by atoms with Gasteiger partial charge in [-0.2, -0.15) is 13.2 Å². The maximum Gasteiger partial charge on any atom is 0.404 e. The quantitative estimate of drug-likeness (QED) is 0.181. The Hall–Kier alpha value is -2.72. The lowest BCUT2D eigenvalue weighted by Gasteiger charge is -2.38. The van der Waals surface area contributed by atoms with Crippen molar-refractivity contribution in [2.24, 2.45) is 22.7 Å². The average molecular weight is 599 g/mol. The van der Waals surface area contributed by atoms with Crippen LogP contribution in [0, 0.1) is 29.4 Å². The minimum absolute atomic E-state index is 0.00633. The molecular weight excluding hydrogens is 563 g/mol. The molecule has 224 valence electrons. The maximum atomic E-state index is 14.5. The first-order chi connectivity index (χ1) is 19.5. The molecule has 0 aromatic heterocycles. The number of hydrogen-bond donors (Lipinski definition) is 3. The van der Waals surface area contributed by atoms with E-state index in [1.807, 2.05) is 6.92 Å². The molecule has 1 saturated carbocycles. The van der Waals surface area contributed by atoms with E-state index in [4.69, 9.17) is 16.6 Å². The van der Waals surface area contributed by atoms with Crippen LogP contribution >= 0.6 is 11.6 Å². The molecule has 0 spiro atoms. The minimum Gasteiger partial charge on any atom is -0.326 e. The van der Waals surface area contributed by atoms with E-state index in [9.17, 15) is 26.7 Å². The molecule has 1 saturated heterocycles. The normalized spacial score (nSPS) is 27.1. The number of guanidine groups is 1. The van der Waals surface area contributed by atoms with E-state index >= 15 is 0 Å². The predicted octanol–water partition coefficient (Wildman–Crippen LogP) is 7.72. The molecule has 0 radical (unpaired) electrons. The average Bonchev–Trinajstić information content (AvgIpc) is 3.03. The van der Waals surface area contributed by atoms with E-state index < -0.39 is 41.7 Å². The monoisotopic (exact) mass is 598 g/mol. The standard InChI is InChI=1S/C30H36ClF5N4O/c1-3-4-12-25-21-10-5-6-11-22(21)26(17(2)27(38-25)30(34,35)36)39-29(37-20-9-7-8-19(31)16-20)40-28(41)18-13-14-23(32)24(33)15-18/h7-9,13-17,21-22,25-27,38H,3-6,10-12H2,1-2H3,(H2,37,39,40,41). The molecule has 0 bridgehead atoms. The van der Waals surface area contributed by atoms with Crippen LogP contribution in [0.25, 0.3) is 0 Å². The first kappa shape index (κ1) is 31.2. The fourth-order valence-corrected chi connectivity index (χ4v) is 6.49. The highest BCUT2D eigenvalue weighted by molar-refractivity contribution is 6.31. The molecule has 1 heterocycles. The Labute approximate surface area is 242 Å². The van der Waals surface area contributed by atoms with Crippen molar-refractivity contribution in [1.29, 1.82) is 0 Å². The number of carbonyl (C=O) groups is 1. The molecule has 3 N–H and O–H groups in total. The van der Waals surface area contributed by atoms with Crippen LogP contribution in [0.5, 0.6) is 0 Å². The van der Waals surface area contributed by atoms with Gasteiger partial charge in [-0.1, -0.05) is 57.2 Å². The zero-order valence-electron chi connectivity index (χ0n) is 23.1. The molecule has 6 atom stereocenters. The Morgan fingerprint density at radius 2 is 1.80 bits per heavy atom. The summed E-state index contributed by atoms with van der Waals surface area (Å²) in [4.78, 5) is 17.9. The Morgan fingerprint density at radius 3 is 2.46 bits per heavy atom. The van der Waals surface area contributed by atoms with Crippen LogP contribution in [-0.2, 0) is 0 Å². The zero-order chi connectivity index (χ0) is 29.7. The van der Waals surface area contributed by atoms with E-state index in [0.29, 0.717) is 17.1 Å². The highest BCUT2D eigenvalue weighted by Crippen LogP contribution is 2.45. The lowest BCUT2D eigenvalue weighted by molar-refractivity contribution is -0.169. The van der Waals surface area contributed by atoms with E-state index in [1.165, 1.54) is 0 Å². The molecule has 5 nitrogen and oxygen atoms in total. The van der Waals surface area contributed by atoms with Gasteiger partial charge in [-0.25, -0.2) is 13.8 Å². The van der Waals surface area contributed by atoms with Gasteiger partial charge in [0.05, 0.1) is 6.04 Å². The van der Waals surface area contributed by atoms with Gasteiger partial charge in [0.15, 0.2) is 11.6 Å². The van der Waals surface area contributed by atoms with Crippen molar-refractivity contribution in [1.82, 2.24) is 10.6 Å². The van der Waals surface area contributed by atoms with Crippen LogP contribution in [0.4, 0.5) is 27.6 Å². The molecule has 4 rings (SSSR count). The number of anilines is 1. The fraction of sp³-hybridized carbons (Fsp3) is 0.533. The molecule has 2 fully saturated rings. The molecule has 1 amide bonds. The van der Waals surface area contributed by atoms with Crippen molar-refractivity contribution in [3.05, 3.63) is 64.7 Å². The number of aliphatic imine (C=N–C) groups is 1. The second-order valence-corrected chi connectivity index (χ2v) is 11.5. The first-order valence-corrected chi connectivity index (χ1v) is 14.5. The van der Waals surface area contributed by atoms with E-state index in [2.05, 4.69) is 16.0 Å². The summed E-state index contributed by atoms with van der Waals surface area (Å²) in [6, 6.07) is 6.45. The highest BCUT2D eigenvalue weighted by Gasteiger charge is 2.53. The number of nitrogens with one attached hydrogen (secondary N) is 3. The number of rotatable bonds is 6. The van der Waals surface area contributed by atoms with Crippen LogP contribution in [0.15, 0.2) is 47.5 Å². The predicted molar refractivity (Wildman–Crippen MR) is 151 cm³/mol. The summed E-state index contributed by atoms with van der Waals surface area (Å²) < 4.78 is 70.8. The van der Waals surface area contributed by atoms with Crippen LogP contribution in [0.1, 0.15) is 69.2 Å².